The van der Waals surface area contributed by atoms with Crippen LogP contribution in [0.1, 0.15) is 15.9 Å². The number of sulfonamides is 1. The minimum atomic E-state index is -3.86. The molecule has 1 heterocycles. The molecule has 3 rings (SSSR count). The standard InChI is InChI=1S/C19H21FN2O4S2/c1-27-18-6-5-16(12-17(18)19(23)22-7-9-26-10-8-22)28(24,25)21-13-14-3-2-4-15(20)11-14/h2-6,11-12,21H,7-10,13H2,1H3. The van der Waals surface area contributed by atoms with E-state index in [4.69, 9.17) is 4.74 Å². The second kappa shape index (κ2) is 9.04. The van der Waals surface area contributed by atoms with E-state index in [1.807, 2.05) is 6.26 Å². The first-order chi connectivity index (χ1) is 13.4. The lowest BCUT2D eigenvalue weighted by atomic mass is 10.2. The van der Waals surface area contributed by atoms with Crippen LogP contribution in [-0.2, 0) is 21.3 Å². The van der Waals surface area contributed by atoms with Gasteiger partial charge < -0.3 is 9.64 Å². The van der Waals surface area contributed by atoms with Crippen molar-refractivity contribution in [3.05, 3.63) is 59.4 Å². The summed E-state index contributed by atoms with van der Waals surface area (Å²) in [6.07, 6.45) is 1.84. The van der Waals surface area contributed by atoms with E-state index >= 15 is 0 Å². The van der Waals surface area contributed by atoms with Gasteiger partial charge in [-0.1, -0.05) is 12.1 Å². The van der Waals surface area contributed by atoms with Gasteiger partial charge in [0.25, 0.3) is 5.91 Å². The minimum absolute atomic E-state index is 0.00156. The van der Waals surface area contributed by atoms with E-state index in [1.54, 1.807) is 17.0 Å². The second-order valence-electron chi connectivity index (χ2n) is 6.22. The van der Waals surface area contributed by atoms with Gasteiger partial charge in [0.2, 0.25) is 10.0 Å². The molecule has 150 valence electrons. The number of nitrogens with one attached hydrogen (secondary N) is 1. The number of nitrogens with zero attached hydrogens (tertiary/aromatic N) is 1. The summed E-state index contributed by atoms with van der Waals surface area (Å²) in [6.45, 7) is 1.83. The molecule has 2 aromatic carbocycles. The van der Waals surface area contributed by atoms with E-state index in [1.165, 1.54) is 42.1 Å². The molecule has 0 aliphatic carbocycles. The summed E-state index contributed by atoms with van der Waals surface area (Å²) in [5.74, 6) is -0.644. The molecule has 9 heteroatoms. The van der Waals surface area contributed by atoms with Crippen LogP contribution in [0.2, 0.25) is 0 Å². The van der Waals surface area contributed by atoms with Crippen LogP contribution < -0.4 is 4.72 Å². The Balaban J connectivity index is 1.83. The SMILES string of the molecule is CSc1ccc(S(=O)(=O)NCc2cccc(F)c2)cc1C(=O)N1CCOCC1. The molecule has 1 aliphatic rings. The van der Waals surface area contributed by atoms with Crippen molar-refractivity contribution in [1.82, 2.24) is 9.62 Å². The van der Waals surface area contributed by atoms with Gasteiger partial charge in [-0.2, -0.15) is 0 Å². The first-order valence-electron chi connectivity index (χ1n) is 8.70. The van der Waals surface area contributed by atoms with Gasteiger partial charge in [-0.25, -0.2) is 17.5 Å². The van der Waals surface area contributed by atoms with E-state index in [9.17, 15) is 17.6 Å². The predicted octanol–water partition coefficient (Wildman–Crippen LogP) is 2.50. The summed E-state index contributed by atoms with van der Waals surface area (Å²) in [5.41, 5.74) is 0.858. The molecule has 6 nitrogen and oxygen atoms in total. The topological polar surface area (TPSA) is 75.7 Å². The van der Waals surface area contributed by atoms with E-state index in [0.717, 1.165) is 0 Å². The van der Waals surface area contributed by atoms with Crippen molar-refractivity contribution in [2.75, 3.05) is 32.6 Å². The average molecular weight is 425 g/mol. The zero-order valence-electron chi connectivity index (χ0n) is 15.4. The minimum Gasteiger partial charge on any atom is -0.378 e. The molecule has 1 saturated heterocycles. The van der Waals surface area contributed by atoms with Crippen LogP contribution in [0.5, 0.6) is 0 Å². The van der Waals surface area contributed by atoms with Crippen molar-refractivity contribution in [3.8, 4) is 0 Å². The highest BCUT2D eigenvalue weighted by Crippen LogP contribution is 2.25. The van der Waals surface area contributed by atoms with Gasteiger partial charge >= 0.3 is 0 Å². The van der Waals surface area contributed by atoms with Crippen LogP contribution in [0, 0.1) is 5.82 Å². The van der Waals surface area contributed by atoms with Gasteiger partial charge in [-0.05, 0) is 42.2 Å². The van der Waals surface area contributed by atoms with Gasteiger partial charge in [0.15, 0.2) is 0 Å². The predicted molar refractivity (Wildman–Crippen MR) is 105 cm³/mol. The maximum Gasteiger partial charge on any atom is 0.255 e. The van der Waals surface area contributed by atoms with Crippen LogP contribution in [0.15, 0.2) is 52.3 Å². The number of hydrogen-bond donors (Lipinski definition) is 1. The molecule has 1 N–H and O–H groups in total. The van der Waals surface area contributed by atoms with Crippen LogP contribution in [0.25, 0.3) is 0 Å². The number of carbonyl (C=O) groups excluding carboxylic acids is 1. The number of hydrogen-bond acceptors (Lipinski definition) is 5. The Hall–Kier alpha value is -1.94. The molecule has 0 radical (unpaired) electrons. The van der Waals surface area contributed by atoms with Gasteiger partial charge in [0.1, 0.15) is 5.82 Å². The fourth-order valence-electron chi connectivity index (χ4n) is 2.87. The summed E-state index contributed by atoms with van der Waals surface area (Å²) in [5, 5.41) is 0. The van der Waals surface area contributed by atoms with Gasteiger partial charge in [-0.3, -0.25) is 4.79 Å². The fourth-order valence-corrected chi connectivity index (χ4v) is 4.48. The summed E-state index contributed by atoms with van der Waals surface area (Å²) < 4.78 is 46.4. The molecule has 0 unspecified atom stereocenters. The first-order valence-corrected chi connectivity index (χ1v) is 11.4. The lowest BCUT2D eigenvalue weighted by molar-refractivity contribution is 0.0300. The maximum atomic E-state index is 13.3. The highest BCUT2D eigenvalue weighted by molar-refractivity contribution is 7.98. The van der Waals surface area contributed by atoms with Crippen LogP contribution in [0.3, 0.4) is 0 Å². The number of carbonyl (C=O) groups is 1. The molecular weight excluding hydrogens is 403 g/mol. The number of ether oxygens (including phenoxy) is 1. The average Bonchev–Trinajstić information content (AvgIpc) is 2.72. The molecule has 1 fully saturated rings. The normalized spacial score (nSPS) is 14.9. The highest BCUT2D eigenvalue weighted by Gasteiger charge is 2.24. The maximum absolute atomic E-state index is 13.3. The van der Waals surface area contributed by atoms with Crippen molar-refractivity contribution in [2.45, 2.75) is 16.3 Å². The zero-order chi connectivity index (χ0) is 20.1. The third-order valence-electron chi connectivity index (χ3n) is 4.37. The van der Waals surface area contributed by atoms with Crippen molar-refractivity contribution in [1.29, 1.82) is 0 Å². The van der Waals surface area contributed by atoms with Crippen molar-refractivity contribution >= 4 is 27.7 Å². The summed E-state index contributed by atoms with van der Waals surface area (Å²) in [6, 6.07) is 10.2. The number of morpholine rings is 1. The number of thioether (sulfide) groups is 1. The van der Waals surface area contributed by atoms with Crippen LogP contribution in [-0.4, -0.2) is 51.8 Å². The summed E-state index contributed by atoms with van der Waals surface area (Å²) in [4.78, 5) is 15.2. The molecule has 1 aliphatic heterocycles. The van der Waals surface area contributed by atoms with E-state index in [2.05, 4.69) is 4.72 Å². The Morgan fingerprint density at radius 2 is 1.96 bits per heavy atom. The molecule has 1 amide bonds. The van der Waals surface area contributed by atoms with E-state index < -0.39 is 15.8 Å². The number of rotatable bonds is 6. The van der Waals surface area contributed by atoms with Crippen molar-refractivity contribution in [2.24, 2.45) is 0 Å². The smallest absolute Gasteiger partial charge is 0.255 e. The first kappa shape index (κ1) is 20.8. The summed E-state index contributed by atoms with van der Waals surface area (Å²) >= 11 is 1.38. The van der Waals surface area contributed by atoms with E-state index in [0.29, 0.717) is 42.3 Å². The lowest BCUT2D eigenvalue weighted by Crippen LogP contribution is -2.41. The molecule has 2 aromatic rings. The van der Waals surface area contributed by atoms with Crippen molar-refractivity contribution in [3.63, 3.8) is 0 Å². The largest absolute Gasteiger partial charge is 0.378 e. The number of benzene rings is 2. The van der Waals surface area contributed by atoms with Crippen LogP contribution >= 0.6 is 11.8 Å². The molecule has 28 heavy (non-hydrogen) atoms. The molecular formula is C19H21FN2O4S2. The third-order valence-corrected chi connectivity index (χ3v) is 6.56. The van der Waals surface area contributed by atoms with Gasteiger partial charge in [0.05, 0.1) is 23.7 Å². The highest BCUT2D eigenvalue weighted by atomic mass is 32.2. The molecule has 0 bridgehead atoms. The third kappa shape index (κ3) is 4.91. The molecule has 0 saturated carbocycles. The van der Waals surface area contributed by atoms with Crippen molar-refractivity contribution < 1.29 is 22.3 Å². The zero-order valence-corrected chi connectivity index (χ0v) is 17.0. The van der Waals surface area contributed by atoms with E-state index in [-0.39, 0.29) is 17.3 Å². The Labute approximate surface area is 168 Å². The Kier molecular flexibility index (Phi) is 6.71. The second-order valence-corrected chi connectivity index (χ2v) is 8.84. The number of amides is 1. The Bertz CT molecular complexity index is 960. The lowest BCUT2D eigenvalue weighted by Gasteiger charge is -2.27. The monoisotopic (exact) mass is 424 g/mol. The molecule has 0 aromatic heterocycles. The van der Waals surface area contributed by atoms with Crippen LogP contribution in [0.4, 0.5) is 4.39 Å². The quantitative estimate of drug-likeness (QED) is 0.721. The number of halogens is 1. The van der Waals surface area contributed by atoms with Gasteiger partial charge in [-0.15, -0.1) is 11.8 Å². The molecule has 0 atom stereocenters. The summed E-state index contributed by atoms with van der Waals surface area (Å²) in [7, 11) is -3.86. The molecule has 0 spiro atoms. The Morgan fingerprint density at radius 3 is 2.64 bits per heavy atom. The fraction of sp³-hybridized carbons (Fsp3) is 0.316. The Morgan fingerprint density at radius 1 is 1.21 bits per heavy atom. The van der Waals surface area contributed by atoms with Gasteiger partial charge in [0, 0.05) is 24.5 Å².